The Hall–Kier alpha value is -2.22. The van der Waals surface area contributed by atoms with Crippen LogP contribution in [0.3, 0.4) is 0 Å². The summed E-state index contributed by atoms with van der Waals surface area (Å²) in [6, 6.07) is 4.22. The van der Waals surface area contributed by atoms with Gasteiger partial charge in [-0.3, -0.25) is 9.59 Å². The van der Waals surface area contributed by atoms with Crippen molar-refractivity contribution in [3.63, 3.8) is 0 Å². The number of anilines is 1. The van der Waals surface area contributed by atoms with Gasteiger partial charge in [0.1, 0.15) is 11.6 Å². The SMILES string of the molecule is CC(Sc1nc(C(C)C)cc(=O)[nH]1)C(=O)Nc1cc(F)ccc1F. The fourth-order valence-electron chi connectivity index (χ4n) is 1.85. The topological polar surface area (TPSA) is 74.8 Å². The van der Waals surface area contributed by atoms with Crippen molar-refractivity contribution in [3.8, 4) is 0 Å². The molecule has 0 radical (unpaired) electrons. The summed E-state index contributed by atoms with van der Waals surface area (Å²) in [6.07, 6.45) is 0. The van der Waals surface area contributed by atoms with Gasteiger partial charge in [0.05, 0.1) is 16.6 Å². The molecule has 0 saturated carbocycles. The third-order valence-electron chi connectivity index (χ3n) is 3.18. The van der Waals surface area contributed by atoms with Crippen LogP contribution in [0, 0.1) is 11.6 Å². The van der Waals surface area contributed by atoms with Gasteiger partial charge in [-0.25, -0.2) is 13.8 Å². The highest BCUT2D eigenvalue weighted by atomic mass is 32.2. The standard InChI is InChI=1S/C16H17F2N3O2S/c1-8(2)12-7-14(22)21-16(20-12)24-9(3)15(23)19-13-6-10(17)4-5-11(13)18/h4-9H,1-3H3,(H,19,23)(H,20,21,22). The van der Waals surface area contributed by atoms with E-state index in [4.69, 9.17) is 0 Å². The molecule has 1 unspecified atom stereocenters. The number of nitrogens with zero attached hydrogens (tertiary/aromatic N) is 1. The van der Waals surface area contributed by atoms with Crippen LogP contribution in [-0.2, 0) is 4.79 Å². The van der Waals surface area contributed by atoms with Gasteiger partial charge in [0.25, 0.3) is 5.56 Å². The van der Waals surface area contributed by atoms with Crippen molar-refractivity contribution < 1.29 is 13.6 Å². The minimum absolute atomic E-state index is 0.0668. The van der Waals surface area contributed by atoms with Crippen molar-refractivity contribution in [2.45, 2.75) is 37.1 Å². The second-order valence-electron chi connectivity index (χ2n) is 5.50. The number of carbonyl (C=O) groups is 1. The zero-order valence-corrected chi connectivity index (χ0v) is 14.2. The van der Waals surface area contributed by atoms with Crippen molar-refractivity contribution >= 4 is 23.4 Å². The summed E-state index contributed by atoms with van der Waals surface area (Å²) in [5, 5.41) is 1.96. The summed E-state index contributed by atoms with van der Waals surface area (Å²) in [5.41, 5.74) is 0.0786. The Morgan fingerprint density at radius 1 is 1.25 bits per heavy atom. The molecule has 128 valence electrons. The average Bonchev–Trinajstić information content (AvgIpc) is 2.50. The number of benzene rings is 1. The predicted molar refractivity (Wildman–Crippen MR) is 89.3 cm³/mol. The van der Waals surface area contributed by atoms with Gasteiger partial charge >= 0.3 is 0 Å². The van der Waals surface area contributed by atoms with Gasteiger partial charge in [-0.15, -0.1) is 0 Å². The van der Waals surface area contributed by atoms with E-state index in [9.17, 15) is 18.4 Å². The molecule has 0 aliphatic carbocycles. The van der Waals surface area contributed by atoms with E-state index in [0.717, 1.165) is 30.0 Å². The highest BCUT2D eigenvalue weighted by molar-refractivity contribution is 8.00. The van der Waals surface area contributed by atoms with E-state index in [1.165, 1.54) is 6.07 Å². The Bertz CT molecular complexity index is 808. The van der Waals surface area contributed by atoms with Gasteiger partial charge in [0.15, 0.2) is 5.16 Å². The zero-order valence-electron chi connectivity index (χ0n) is 13.4. The predicted octanol–water partition coefficient (Wildman–Crippen LogP) is 3.29. The quantitative estimate of drug-likeness (QED) is 0.639. The van der Waals surface area contributed by atoms with E-state index in [-0.39, 0.29) is 17.2 Å². The van der Waals surface area contributed by atoms with Crippen molar-refractivity contribution in [2.75, 3.05) is 5.32 Å². The van der Waals surface area contributed by atoms with E-state index in [2.05, 4.69) is 15.3 Å². The number of thioether (sulfide) groups is 1. The summed E-state index contributed by atoms with van der Waals surface area (Å²) < 4.78 is 26.7. The number of halogens is 2. The van der Waals surface area contributed by atoms with Crippen molar-refractivity contribution in [1.82, 2.24) is 9.97 Å². The van der Waals surface area contributed by atoms with Crippen LogP contribution in [-0.4, -0.2) is 21.1 Å². The van der Waals surface area contributed by atoms with Gasteiger partial charge in [-0.1, -0.05) is 25.6 Å². The average molecular weight is 353 g/mol. The molecule has 2 aromatic rings. The first-order chi connectivity index (χ1) is 11.3. The Kier molecular flexibility index (Phi) is 5.71. The van der Waals surface area contributed by atoms with Crippen LogP contribution in [0.4, 0.5) is 14.5 Å². The molecule has 1 atom stereocenters. The first kappa shape index (κ1) is 18.1. The minimum atomic E-state index is -0.727. The summed E-state index contributed by atoms with van der Waals surface area (Å²) in [5.74, 6) is -1.84. The van der Waals surface area contributed by atoms with Crippen LogP contribution in [0.1, 0.15) is 32.4 Å². The number of hydrogen-bond donors (Lipinski definition) is 2. The molecule has 24 heavy (non-hydrogen) atoms. The zero-order chi connectivity index (χ0) is 17.9. The molecule has 0 bridgehead atoms. The largest absolute Gasteiger partial charge is 0.323 e. The van der Waals surface area contributed by atoms with Gasteiger partial charge in [-0.05, 0) is 25.0 Å². The van der Waals surface area contributed by atoms with Crippen LogP contribution in [0.5, 0.6) is 0 Å². The molecule has 1 aromatic heterocycles. The number of H-pyrrole nitrogens is 1. The molecule has 1 heterocycles. The summed E-state index contributed by atoms with van der Waals surface area (Å²) in [6.45, 7) is 5.39. The summed E-state index contributed by atoms with van der Waals surface area (Å²) in [7, 11) is 0. The van der Waals surface area contributed by atoms with Crippen molar-refractivity contribution in [3.05, 3.63) is 51.9 Å². The number of hydrogen-bond acceptors (Lipinski definition) is 4. The van der Waals surface area contributed by atoms with Crippen LogP contribution in [0.2, 0.25) is 0 Å². The van der Waals surface area contributed by atoms with Gasteiger partial charge in [0, 0.05) is 12.1 Å². The minimum Gasteiger partial charge on any atom is -0.323 e. The number of carbonyl (C=O) groups excluding carboxylic acids is 1. The molecule has 0 aliphatic heterocycles. The van der Waals surface area contributed by atoms with Crippen molar-refractivity contribution in [2.24, 2.45) is 0 Å². The maximum absolute atomic E-state index is 13.6. The van der Waals surface area contributed by atoms with Gasteiger partial charge in [-0.2, -0.15) is 0 Å². The normalized spacial score (nSPS) is 12.2. The summed E-state index contributed by atoms with van der Waals surface area (Å²) in [4.78, 5) is 30.6. The van der Waals surface area contributed by atoms with Crippen molar-refractivity contribution in [1.29, 1.82) is 0 Å². The molecule has 0 saturated heterocycles. The first-order valence-corrected chi connectivity index (χ1v) is 8.18. The van der Waals surface area contributed by atoms with Gasteiger partial charge in [0.2, 0.25) is 5.91 Å². The van der Waals surface area contributed by atoms with Gasteiger partial charge < -0.3 is 10.3 Å². The molecule has 0 spiro atoms. The van der Waals surface area contributed by atoms with Crippen LogP contribution >= 0.6 is 11.8 Å². The number of aromatic amines is 1. The molecule has 2 N–H and O–H groups in total. The molecule has 8 heteroatoms. The number of rotatable bonds is 5. The number of nitrogens with one attached hydrogen (secondary N) is 2. The molecule has 1 aromatic carbocycles. The lowest BCUT2D eigenvalue weighted by molar-refractivity contribution is -0.115. The fraction of sp³-hybridized carbons (Fsp3) is 0.312. The summed E-state index contributed by atoms with van der Waals surface area (Å²) >= 11 is 1.03. The Labute approximate surface area is 141 Å². The highest BCUT2D eigenvalue weighted by Gasteiger charge is 2.18. The molecular weight excluding hydrogens is 336 g/mol. The Balaban J connectivity index is 2.12. The monoisotopic (exact) mass is 353 g/mol. The lowest BCUT2D eigenvalue weighted by Gasteiger charge is -2.13. The number of aromatic nitrogens is 2. The second kappa shape index (κ2) is 7.57. The van der Waals surface area contributed by atoms with E-state index < -0.39 is 22.8 Å². The maximum Gasteiger partial charge on any atom is 0.251 e. The third-order valence-corrected chi connectivity index (χ3v) is 4.16. The molecule has 0 aliphatic rings. The highest BCUT2D eigenvalue weighted by Crippen LogP contribution is 2.22. The Morgan fingerprint density at radius 2 is 1.96 bits per heavy atom. The Morgan fingerprint density at radius 3 is 2.62 bits per heavy atom. The fourth-order valence-corrected chi connectivity index (χ4v) is 2.67. The first-order valence-electron chi connectivity index (χ1n) is 7.30. The van der Waals surface area contributed by atoms with Crippen LogP contribution < -0.4 is 10.9 Å². The van der Waals surface area contributed by atoms with Crippen LogP contribution in [0.15, 0.2) is 34.2 Å². The molecule has 1 amide bonds. The van der Waals surface area contributed by atoms with Crippen LogP contribution in [0.25, 0.3) is 0 Å². The lowest BCUT2D eigenvalue weighted by atomic mass is 10.1. The lowest BCUT2D eigenvalue weighted by Crippen LogP contribution is -2.24. The van der Waals surface area contributed by atoms with E-state index in [0.29, 0.717) is 10.9 Å². The smallest absolute Gasteiger partial charge is 0.251 e. The van der Waals surface area contributed by atoms with E-state index in [1.807, 2.05) is 13.8 Å². The second-order valence-corrected chi connectivity index (χ2v) is 6.83. The third kappa shape index (κ3) is 4.64. The molecular formula is C16H17F2N3O2S. The van der Waals surface area contributed by atoms with E-state index in [1.54, 1.807) is 6.92 Å². The molecule has 0 fully saturated rings. The van der Waals surface area contributed by atoms with E-state index >= 15 is 0 Å². The molecule has 2 rings (SSSR count). The maximum atomic E-state index is 13.6. The molecule has 5 nitrogen and oxygen atoms in total. The number of amides is 1.